The van der Waals surface area contributed by atoms with Gasteiger partial charge in [-0.05, 0) is 91.0 Å². The normalized spacial score (nSPS) is 10.5. The number of rotatable bonds is 14. The van der Waals surface area contributed by atoms with Crippen molar-refractivity contribution in [3.63, 3.8) is 0 Å². The molecule has 0 aliphatic rings. The summed E-state index contributed by atoms with van der Waals surface area (Å²) in [6.07, 6.45) is 0. The Balaban J connectivity index is 0.000000200. The zero-order valence-corrected chi connectivity index (χ0v) is 60.7. The number of methoxy groups -OCH3 is 2. The van der Waals surface area contributed by atoms with Crippen LogP contribution in [-0.2, 0) is 0 Å². The second kappa shape index (κ2) is 35.6. The minimum Gasteiger partial charge on any atom is -0.507 e. The predicted molar refractivity (Wildman–Crippen MR) is 430 cm³/mol. The Morgan fingerprint density at radius 2 is 0.451 bits per heavy atom. The molecule has 0 unspecified atom stereocenters. The number of para-hydroxylation sites is 4. The van der Waals surface area contributed by atoms with E-state index in [1.54, 1.807) is 74.9 Å². The Bertz CT molecular complexity index is 4850. The number of phenolic OH excluding ortho intramolecular Hbond substituents is 2. The van der Waals surface area contributed by atoms with E-state index in [-0.39, 0.29) is 60.8 Å². The number of halogens is 9. The van der Waals surface area contributed by atoms with Gasteiger partial charge in [-0.15, -0.1) is 70.5 Å². The molecule has 4 nitrogen and oxygen atoms in total. The Labute approximate surface area is 628 Å². The van der Waals surface area contributed by atoms with Crippen LogP contribution in [0.3, 0.4) is 0 Å². The zero-order valence-electron chi connectivity index (χ0n) is 54.4. The van der Waals surface area contributed by atoms with Crippen molar-refractivity contribution in [3.8, 4) is 157 Å². The van der Waals surface area contributed by atoms with Gasteiger partial charge in [0.2, 0.25) is 0 Å². The van der Waals surface area contributed by atoms with Crippen molar-refractivity contribution in [2.75, 3.05) is 19.6 Å². The molecule has 0 saturated carbocycles. The largest absolute Gasteiger partial charge is 0.507 e. The molecule has 0 aliphatic heterocycles. The number of hydrogen-bond donors (Lipinski definition) is 2. The summed E-state index contributed by atoms with van der Waals surface area (Å²) >= 11 is 18.8. The molecule has 0 bridgehead atoms. The molecule has 14 heteroatoms. The lowest BCUT2D eigenvalue weighted by Gasteiger charge is -2.18. The van der Waals surface area contributed by atoms with Gasteiger partial charge in [-0.2, -0.15) is 0 Å². The summed E-state index contributed by atoms with van der Waals surface area (Å²) in [4.78, 5) is 0. The third kappa shape index (κ3) is 17.2. The van der Waals surface area contributed by atoms with Crippen molar-refractivity contribution in [1.82, 2.24) is 0 Å². The highest BCUT2D eigenvalue weighted by molar-refractivity contribution is 9.69. The molecular weight excluding hydrogens is 1520 g/mol. The third-order valence-corrected chi connectivity index (χ3v) is 17.0. The summed E-state index contributed by atoms with van der Waals surface area (Å²) in [7, 11) is 3.10. The van der Waals surface area contributed by atoms with E-state index >= 15 is 17.6 Å². The summed E-state index contributed by atoms with van der Waals surface area (Å²) in [6, 6.07) is 98.7. The molecule has 14 aromatic carbocycles. The lowest BCUT2D eigenvalue weighted by atomic mass is 9.92. The molecule has 102 heavy (non-hydrogen) atoms. The van der Waals surface area contributed by atoms with Gasteiger partial charge in [-0.25, -0.2) is 17.6 Å². The van der Waals surface area contributed by atoms with Crippen LogP contribution in [0.4, 0.5) is 17.6 Å². The highest BCUT2D eigenvalue weighted by atomic mass is 79.9. The van der Waals surface area contributed by atoms with Crippen LogP contribution in [-0.4, -0.2) is 33.0 Å². The topological polar surface area (TPSA) is 58.9 Å². The van der Waals surface area contributed by atoms with E-state index in [0.29, 0.717) is 33.8 Å². The van der Waals surface area contributed by atoms with Crippen molar-refractivity contribution in [3.05, 3.63) is 339 Å². The second-order valence-electron chi connectivity index (χ2n) is 22.9. The van der Waals surface area contributed by atoms with Gasteiger partial charge in [-0.1, -0.05) is 299 Å². The first-order chi connectivity index (χ1) is 49.2. The molecule has 0 fully saturated rings. The minimum atomic E-state index is -1.11. The lowest BCUT2D eigenvalue weighted by molar-refractivity contribution is 0.417. The van der Waals surface area contributed by atoms with E-state index in [4.69, 9.17) is 32.7 Å². The van der Waals surface area contributed by atoms with Crippen LogP contribution >= 0.6 is 70.5 Å². The summed E-state index contributed by atoms with van der Waals surface area (Å²) in [5, 5.41) is 22.9. The van der Waals surface area contributed by atoms with Gasteiger partial charge in [0.15, 0.2) is 23.3 Å². The smallest absolute Gasteiger partial charge is 0.369 e. The SMILES string of the molecule is BrB(Br)Br.C.COc1c(-c2cccc(-c3ccccc3)c2)cccc1-c1ccc(-c2cccc(-c3cccc(-c4ccccc4)c3)c2OC)c(F)c1F.ClCCl.Oc1c(-c2cccc(-c3ccccc3)c2)cccc1-c1ccc(-c2cccc(-c3cccc(-c4ccccc4)c3)c2O)c(F)c1F. The molecule has 0 spiro atoms. The summed E-state index contributed by atoms with van der Waals surface area (Å²) in [6.45, 7) is 0. The number of aromatic hydroxyl groups is 2. The van der Waals surface area contributed by atoms with Gasteiger partial charge in [0.05, 0.1) is 19.6 Å². The molecule has 0 atom stereocenters. The van der Waals surface area contributed by atoms with Crippen LogP contribution in [0.15, 0.2) is 315 Å². The molecule has 0 amide bonds. The number of alkyl halides is 2. The maximum atomic E-state index is 16.2. The standard InChI is InChI=1S/C44H32F2O2.C42H28F2O2.CH2Cl2.CH4.BBr3/c1-47-43-35(33-19-9-17-31(27-33)29-13-5-3-6-14-29)21-11-23-39(43)37-25-26-38(42(46)41(37)45)40-24-12-22-36(44(40)48-2)34-20-10-18-32(28-34)30-15-7-4-8-16-30;43-39-35(37-21-9-19-33(41(37)45)31-17-7-15-29(25-31)27-11-3-1-4-12-27)23-24-36(40(39)44)38-22-10-20-34(42(38)46)32-18-8-16-30(26-32)28-13-5-2-6-14-28;2-1-3;;2-1(3)4/h3-28H,1-2H3;1-26,45-46H;1H2;1H4;. The fourth-order valence-corrected chi connectivity index (χ4v) is 12.3. The molecule has 2 N–H and O–H groups in total. The van der Waals surface area contributed by atoms with Crippen LogP contribution in [0.25, 0.3) is 134 Å². The Kier molecular flexibility index (Phi) is 26.1. The molecule has 0 radical (unpaired) electrons. The van der Waals surface area contributed by atoms with Gasteiger partial charge in [-0.3, -0.25) is 0 Å². The van der Waals surface area contributed by atoms with Gasteiger partial charge in [0.25, 0.3) is 0 Å². The van der Waals surface area contributed by atoms with Gasteiger partial charge in [0, 0.05) is 66.8 Å². The molecule has 0 aliphatic carbocycles. The fraction of sp³-hybridized carbons (Fsp3) is 0.0455. The van der Waals surface area contributed by atoms with E-state index in [0.717, 1.165) is 77.9 Å². The third-order valence-electron chi connectivity index (χ3n) is 17.0. The highest BCUT2D eigenvalue weighted by Gasteiger charge is 2.25. The van der Waals surface area contributed by atoms with E-state index in [2.05, 4.69) is 83.7 Å². The van der Waals surface area contributed by atoms with Crippen LogP contribution < -0.4 is 9.47 Å². The molecular formula is C88H66BBr3Cl2F4O4. The second-order valence-corrected chi connectivity index (χ2v) is 30.1. The number of ether oxygens (including phenoxy) is 2. The summed E-state index contributed by atoms with van der Waals surface area (Å²) in [5.41, 5.74) is 15.5. The average Bonchev–Trinajstić information content (AvgIpc) is 0.763. The number of phenols is 2. The number of hydrogen-bond acceptors (Lipinski definition) is 4. The first-order valence-electron chi connectivity index (χ1n) is 31.8. The van der Waals surface area contributed by atoms with E-state index < -0.39 is 23.3 Å². The molecule has 14 aromatic rings. The summed E-state index contributed by atoms with van der Waals surface area (Å²) in [5.74, 6) is -3.51. The van der Waals surface area contributed by atoms with Crippen molar-refractivity contribution in [2.45, 2.75) is 7.43 Å². The highest BCUT2D eigenvalue weighted by Crippen LogP contribution is 2.48. The molecule has 0 aromatic heterocycles. The predicted octanol–water partition coefficient (Wildman–Crippen LogP) is 27.6. The van der Waals surface area contributed by atoms with Gasteiger partial charge >= 0.3 is 3.18 Å². The van der Waals surface area contributed by atoms with Crippen molar-refractivity contribution in [2.24, 2.45) is 0 Å². The molecule has 0 saturated heterocycles. The van der Waals surface area contributed by atoms with Crippen molar-refractivity contribution >= 4 is 73.7 Å². The molecule has 508 valence electrons. The Morgan fingerprint density at radius 1 is 0.265 bits per heavy atom. The van der Waals surface area contributed by atoms with Gasteiger partial charge < -0.3 is 19.7 Å². The van der Waals surface area contributed by atoms with Gasteiger partial charge in [0.1, 0.15) is 23.0 Å². The first-order valence-corrected chi connectivity index (χ1v) is 35.7. The Hall–Kier alpha value is -9.92. The van der Waals surface area contributed by atoms with Crippen molar-refractivity contribution < 1.29 is 37.2 Å². The number of benzene rings is 14. The zero-order chi connectivity index (χ0) is 70.9. The Morgan fingerprint density at radius 3 is 0.706 bits per heavy atom. The molecule has 0 heterocycles. The van der Waals surface area contributed by atoms with E-state index in [1.165, 1.54) is 12.1 Å². The quantitative estimate of drug-likeness (QED) is 0.0647. The lowest BCUT2D eigenvalue weighted by Crippen LogP contribution is -1.99. The maximum absolute atomic E-state index is 16.2. The first kappa shape index (κ1) is 74.8. The van der Waals surface area contributed by atoms with Crippen LogP contribution in [0.5, 0.6) is 23.0 Å². The fourth-order valence-electron chi connectivity index (χ4n) is 12.3. The van der Waals surface area contributed by atoms with E-state index in [9.17, 15) is 10.2 Å². The average molecular weight is 1580 g/mol. The van der Waals surface area contributed by atoms with Crippen LogP contribution in [0, 0.1) is 23.3 Å². The van der Waals surface area contributed by atoms with E-state index in [1.807, 2.05) is 206 Å². The monoisotopic (exact) mass is 1580 g/mol. The maximum Gasteiger partial charge on any atom is 0.369 e. The van der Waals surface area contributed by atoms with Crippen LogP contribution in [0.2, 0.25) is 0 Å². The molecule has 14 rings (SSSR count). The minimum absolute atomic E-state index is 0. The van der Waals surface area contributed by atoms with Crippen molar-refractivity contribution in [1.29, 1.82) is 0 Å². The summed E-state index contributed by atoms with van der Waals surface area (Å²) < 4.78 is 76.1. The van der Waals surface area contributed by atoms with Crippen LogP contribution in [0.1, 0.15) is 7.43 Å².